The fourth-order valence-electron chi connectivity index (χ4n) is 1.07. The molecule has 1 aromatic heterocycles. The molecule has 0 aliphatic carbocycles. The van der Waals surface area contributed by atoms with Crippen molar-refractivity contribution in [3.05, 3.63) is 18.3 Å². The quantitative estimate of drug-likeness (QED) is 0.630. The second-order valence-electron chi connectivity index (χ2n) is 3.00. The van der Waals surface area contributed by atoms with Crippen LogP contribution in [0.1, 0.15) is 6.92 Å². The lowest BCUT2D eigenvalue weighted by atomic mass is 10.3. The number of nitrogens with zero attached hydrogens (tertiary/aromatic N) is 1. The van der Waals surface area contributed by atoms with Gasteiger partial charge < -0.3 is 20.3 Å². The lowest BCUT2D eigenvalue weighted by Crippen LogP contribution is -2.23. The monoisotopic (exact) mass is 212 g/mol. The summed E-state index contributed by atoms with van der Waals surface area (Å²) < 4.78 is 5.33. The third-order valence-electron chi connectivity index (χ3n) is 1.79. The molecule has 0 aliphatic rings. The van der Waals surface area contributed by atoms with Crippen molar-refractivity contribution in [3.63, 3.8) is 0 Å². The Bertz CT molecular complexity index is 294. The van der Waals surface area contributed by atoms with E-state index in [1.807, 2.05) is 6.92 Å². The SMILES string of the molecule is CCOc1cccnc1NCC(O)CO. The predicted molar refractivity (Wildman–Crippen MR) is 57.0 cm³/mol. The lowest BCUT2D eigenvalue weighted by Gasteiger charge is -2.12. The first-order valence-corrected chi connectivity index (χ1v) is 4.88. The number of aliphatic hydroxyl groups is 2. The third kappa shape index (κ3) is 3.73. The summed E-state index contributed by atoms with van der Waals surface area (Å²) in [6.07, 6.45) is 0.845. The highest BCUT2D eigenvalue weighted by Crippen LogP contribution is 2.20. The van der Waals surface area contributed by atoms with E-state index in [-0.39, 0.29) is 13.2 Å². The summed E-state index contributed by atoms with van der Waals surface area (Å²) in [5.41, 5.74) is 0. The normalized spacial score (nSPS) is 12.2. The van der Waals surface area contributed by atoms with E-state index in [4.69, 9.17) is 14.9 Å². The first kappa shape index (κ1) is 11.7. The molecule has 84 valence electrons. The van der Waals surface area contributed by atoms with Crippen molar-refractivity contribution in [3.8, 4) is 5.75 Å². The van der Waals surface area contributed by atoms with Crippen LogP contribution in [-0.2, 0) is 0 Å². The van der Waals surface area contributed by atoms with Gasteiger partial charge in [0.25, 0.3) is 0 Å². The van der Waals surface area contributed by atoms with Gasteiger partial charge in [-0.25, -0.2) is 4.98 Å². The summed E-state index contributed by atoms with van der Waals surface area (Å²) in [6, 6.07) is 3.57. The number of ether oxygens (including phenoxy) is 1. The zero-order valence-corrected chi connectivity index (χ0v) is 8.68. The highest BCUT2D eigenvalue weighted by Gasteiger charge is 2.06. The molecule has 1 unspecified atom stereocenters. The summed E-state index contributed by atoms with van der Waals surface area (Å²) in [5, 5.41) is 20.7. The minimum Gasteiger partial charge on any atom is -0.490 e. The maximum absolute atomic E-state index is 9.16. The molecule has 1 atom stereocenters. The Hall–Kier alpha value is -1.33. The minimum absolute atomic E-state index is 0.244. The average molecular weight is 212 g/mol. The van der Waals surface area contributed by atoms with Gasteiger partial charge in [0.2, 0.25) is 0 Å². The molecule has 0 aliphatic heterocycles. The summed E-state index contributed by atoms with van der Waals surface area (Å²) in [4.78, 5) is 4.07. The van der Waals surface area contributed by atoms with Crippen molar-refractivity contribution in [2.75, 3.05) is 25.1 Å². The molecule has 0 fully saturated rings. The van der Waals surface area contributed by atoms with Crippen molar-refractivity contribution >= 4 is 5.82 Å². The van der Waals surface area contributed by atoms with Crippen LogP contribution in [0.3, 0.4) is 0 Å². The van der Waals surface area contributed by atoms with Gasteiger partial charge in [0.15, 0.2) is 11.6 Å². The van der Waals surface area contributed by atoms with Gasteiger partial charge in [-0.2, -0.15) is 0 Å². The number of nitrogens with one attached hydrogen (secondary N) is 1. The minimum atomic E-state index is -0.790. The zero-order chi connectivity index (χ0) is 11.1. The van der Waals surface area contributed by atoms with Crippen LogP contribution in [-0.4, -0.2) is 41.1 Å². The van der Waals surface area contributed by atoms with E-state index >= 15 is 0 Å². The Balaban J connectivity index is 2.58. The smallest absolute Gasteiger partial charge is 0.168 e. The molecule has 0 saturated heterocycles. The van der Waals surface area contributed by atoms with Crippen LogP contribution >= 0.6 is 0 Å². The average Bonchev–Trinajstić information content (AvgIpc) is 2.28. The molecule has 5 heteroatoms. The largest absolute Gasteiger partial charge is 0.490 e. The van der Waals surface area contributed by atoms with Crippen LogP contribution in [0.25, 0.3) is 0 Å². The predicted octanol–water partition coefficient (Wildman–Crippen LogP) is 0.245. The Morgan fingerprint density at radius 1 is 1.60 bits per heavy atom. The maximum Gasteiger partial charge on any atom is 0.168 e. The van der Waals surface area contributed by atoms with Crippen molar-refractivity contribution < 1.29 is 14.9 Å². The fourth-order valence-corrected chi connectivity index (χ4v) is 1.07. The van der Waals surface area contributed by atoms with Gasteiger partial charge in [-0.15, -0.1) is 0 Å². The van der Waals surface area contributed by atoms with Crippen LogP contribution in [0.4, 0.5) is 5.82 Å². The second kappa shape index (κ2) is 6.21. The van der Waals surface area contributed by atoms with Gasteiger partial charge in [0.1, 0.15) is 0 Å². The molecule has 1 rings (SSSR count). The second-order valence-corrected chi connectivity index (χ2v) is 3.00. The van der Waals surface area contributed by atoms with Gasteiger partial charge in [-0.1, -0.05) is 0 Å². The van der Waals surface area contributed by atoms with E-state index in [0.717, 1.165) is 0 Å². The van der Waals surface area contributed by atoms with E-state index < -0.39 is 6.10 Å². The van der Waals surface area contributed by atoms with Crippen molar-refractivity contribution in [2.24, 2.45) is 0 Å². The van der Waals surface area contributed by atoms with E-state index in [1.165, 1.54) is 0 Å². The zero-order valence-electron chi connectivity index (χ0n) is 8.68. The van der Waals surface area contributed by atoms with E-state index in [1.54, 1.807) is 18.3 Å². The molecular weight excluding hydrogens is 196 g/mol. The summed E-state index contributed by atoms with van der Waals surface area (Å²) in [6.45, 7) is 2.42. The first-order chi connectivity index (χ1) is 7.27. The van der Waals surface area contributed by atoms with Crippen LogP contribution in [0.5, 0.6) is 5.75 Å². The molecule has 5 nitrogen and oxygen atoms in total. The molecule has 0 amide bonds. The van der Waals surface area contributed by atoms with Gasteiger partial charge in [-0.05, 0) is 19.1 Å². The molecule has 0 saturated carbocycles. The van der Waals surface area contributed by atoms with Crippen LogP contribution in [0.15, 0.2) is 18.3 Å². The molecule has 0 radical (unpaired) electrons. The summed E-state index contributed by atoms with van der Waals surface area (Å²) in [5.74, 6) is 1.22. The van der Waals surface area contributed by atoms with Crippen LogP contribution < -0.4 is 10.1 Å². The highest BCUT2D eigenvalue weighted by molar-refractivity contribution is 5.49. The summed E-state index contributed by atoms with van der Waals surface area (Å²) in [7, 11) is 0. The Morgan fingerprint density at radius 3 is 3.07 bits per heavy atom. The summed E-state index contributed by atoms with van der Waals surface area (Å²) >= 11 is 0. The van der Waals surface area contributed by atoms with Crippen molar-refractivity contribution in [1.82, 2.24) is 4.98 Å². The van der Waals surface area contributed by atoms with E-state index in [9.17, 15) is 0 Å². The topological polar surface area (TPSA) is 74.6 Å². The number of aliphatic hydroxyl groups excluding tert-OH is 2. The van der Waals surface area contributed by atoms with Crippen molar-refractivity contribution in [2.45, 2.75) is 13.0 Å². The number of anilines is 1. The molecular formula is C10H16N2O3. The Labute approximate surface area is 88.7 Å². The van der Waals surface area contributed by atoms with E-state index in [0.29, 0.717) is 18.2 Å². The molecule has 3 N–H and O–H groups in total. The van der Waals surface area contributed by atoms with E-state index in [2.05, 4.69) is 10.3 Å². The van der Waals surface area contributed by atoms with Crippen molar-refractivity contribution in [1.29, 1.82) is 0 Å². The van der Waals surface area contributed by atoms with Gasteiger partial charge in [0, 0.05) is 12.7 Å². The lowest BCUT2D eigenvalue weighted by molar-refractivity contribution is 0.105. The molecule has 0 aromatic carbocycles. The first-order valence-electron chi connectivity index (χ1n) is 4.88. The van der Waals surface area contributed by atoms with Gasteiger partial charge in [-0.3, -0.25) is 0 Å². The highest BCUT2D eigenvalue weighted by atomic mass is 16.5. The molecule has 15 heavy (non-hydrogen) atoms. The van der Waals surface area contributed by atoms with Crippen LogP contribution in [0, 0.1) is 0 Å². The van der Waals surface area contributed by atoms with Crippen LogP contribution in [0.2, 0.25) is 0 Å². The molecule has 1 heterocycles. The standard InChI is InChI=1S/C10H16N2O3/c1-2-15-9-4-3-5-11-10(9)12-6-8(14)7-13/h3-5,8,13-14H,2,6-7H2,1H3,(H,11,12). The molecule has 1 aromatic rings. The number of hydrogen-bond donors (Lipinski definition) is 3. The Kier molecular flexibility index (Phi) is 4.86. The number of hydrogen-bond acceptors (Lipinski definition) is 5. The van der Waals surface area contributed by atoms with Gasteiger partial charge >= 0.3 is 0 Å². The Morgan fingerprint density at radius 2 is 2.40 bits per heavy atom. The molecule has 0 spiro atoms. The molecule has 0 bridgehead atoms. The third-order valence-corrected chi connectivity index (χ3v) is 1.79. The number of rotatable bonds is 6. The number of pyridine rings is 1. The number of aromatic nitrogens is 1. The van der Waals surface area contributed by atoms with Gasteiger partial charge in [0.05, 0.1) is 19.3 Å². The fraction of sp³-hybridized carbons (Fsp3) is 0.500. The maximum atomic E-state index is 9.16.